The van der Waals surface area contributed by atoms with Crippen molar-refractivity contribution in [1.82, 2.24) is 5.48 Å². The summed E-state index contributed by atoms with van der Waals surface area (Å²) in [4.78, 5) is 3.95. The molecule has 0 aromatic rings. The van der Waals surface area contributed by atoms with E-state index in [1.54, 1.807) is 6.92 Å². The quantitative estimate of drug-likeness (QED) is 0.643. The molecule has 11 heavy (non-hydrogen) atoms. The Morgan fingerprint density at radius 2 is 1.91 bits per heavy atom. The highest BCUT2D eigenvalue weighted by molar-refractivity contribution is 5.26. The minimum absolute atomic E-state index is 0.0936. The maximum absolute atomic E-state index is 12.6. The van der Waals surface area contributed by atoms with E-state index in [0.29, 0.717) is 0 Å². The lowest BCUT2D eigenvalue weighted by Crippen LogP contribution is -2.18. The molecule has 0 unspecified atom stereocenters. The first-order chi connectivity index (χ1) is 5.16. The Balaban J connectivity index is 2.98. The van der Waals surface area contributed by atoms with Crippen molar-refractivity contribution in [3.63, 3.8) is 0 Å². The van der Waals surface area contributed by atoms with E-state index in [4.69, 9.17) is 0 Å². The molecule has 2 nitrogen and oxygen atoms in total. The number of halogens is 3. The van der Waals surface area contributed by atoms with Gasteiger partial charge in [0.1, 0.15) is 0 Å². The van der Waals surface area contributed by atoms with Crippen LogP contribution >= 0.6 is 0 Å². The fourth-order valence-corrected chi connectivity index (χ4v) is 0.642. The molecule has 0 aliphatic carbocycles. The lowest BCUT2D eigenvalue weighted by molar-refractivity contribution is 0.0561. The number of hydrogen-bond acceptors (Lipinski definition) is 2. The van der Waals surface area contributed by atoms with Crippen LogP contribution < -0.4 is 5.48 Å². The smallest absolute Gasteiger partial charge is 0.339 e. The normalized spacial score (nSPS) is 18.2. The first-order valence-corrected chi connectivity index (χ1v) is 3.04. The Morgan fingerprint density at radius 3 is 2.45 bits per heavy atom. The zero-order valence-electron chi connectivity index (χ0n) is 5.75. The fraction of sp³-hybridized carbons (Fsp3) is 0.333. The molecule has 62 valence electrons. The Kier molecular flexibility index (Phi) is 2.07. The average Bonchev–Trinajstić information content (AvgIpc) is 2.01. The van der Waals surface area contributed by atoms with Crippen molar-refractivity contribution in [3.8, 4) is 0 Å². The second-order valence-corrected chi connectivity index (χ2v) is 1.94. The van der Waals surface area contributed by atoms with Crippen molar-refractivity contribution in [1.29, 1.82) is 0 Å². The Hall–Kier alpha value is -1.13. The SMILES string of the molecule is CCC1=C(F)C(F)=C(F)ON1. The van der Waals surface area contributed by atoms with Crippen molar-refractivity contribution < 1.29 is 18.0 Å². The molecule has 0 amide bonds. The van der Waals surface area contributed by atoms with Gasteiger partial charge in [-0.15, -0.1) is 0 Å². The van der Waals surface area contributed by atoms with E-state index in [2.05, 4.69) is 4.84 Å². The van der Waals surface area contributed by atoms with Gasteiger partial charge in [0.15, 0.2) is 5.83 Å². The molecule has 1 rings (SSSR count). The second-order valence-electron chi connectivity index (χ2n) is 1.94. The van der Waals surface area contributed by atoms with Gasteiger partial charge in [-0.1, -0.05) is 6.92 Å². The molecule has 0 atom stereocenters. The number of hydroxylamine groups is 1. The van der Waals surface area contributed by atoms with Crippen LogP contribution in [0.25, 0.3) is 0 Å². The second kappa shape index (κ2) is 2.86. The number of nitrogens with one attached hydrogen (secondary N) is 1. The molecule has 1 aliphatic rings. The monoisotopic (exact) mass is 165 g/mol. The number of rotatable bonds is 1. The molecular formula is C6H6F3NO. The molecule has 0 saturated heterocycles. The van der Waals surface area contributed by atoms with E-state index in [1.807, 2.05) is 5.48 Å². The molecule has 1 aliphatic heterocycles. The largest absolute Gasteiger partial charge is 0.348 e. The van der Waals surface area contributed by atoms with E-state index in [1.165, 1.54) is 0 Å². The van der Waals surface area contributed by atoms with Crippen LogP contribution in [0.4, 0.5) is 13.2 Å². The Labute approximate surface area is 61.3 Å². The van der Waals surface area contributed by atoms with Crippen LogP contribution in [-0.2, 0) is 4.84 Å². The van der Waals surface area contributed by atoms with Gasteiger partial charge in [0, 0.05) is 0 Å². The van der Waals surface area contributed by atoms with E-state index in [-0.39, 0.29) is 12.1 Å². The van der Waals surface area contributed by atoms with Gasteiger partial charge < -0.3 is 4.84 Å². The van der Waals surface area contributed by atoms with Crippen molar-refractivity contribution in [3.05, 3.63) is 23.4 Å². The van der Waals surface area contributed by atoms with Gasteiger partial charge in [-0.2, -0.15) is 8.78 Å². The van der Waals surface area contributed by atoms with Gasteiger partial charge in [-0.05, 0) is 6.42 Å². The highest BCUT2D eigenvalue weighted by atomic mass is 19.2. The molecule has 1 N–H and O–H groups in total. The lowest BCUT2D eigenvalue weighted by Gasteiger charge is -2.14. The first-order valence-electron chi connectivity index (χ1n) is 3.04. The summed E-state index contributed by atoms with van der Waals surface area (Å²) in [6.45, 7) is 1.59. The van der Waals surface area contributed by atoms with Gasteiger partial charge in [0.05, 0.1) is 5.70 Å². The summed E-state index contributed by atoms with van der Waals surface area (Å²) in [5, 5.41) is 0. The van der Waals surface area contributed by atoms with Crippen molar-refractivity contribution in [2.75, 3.05) is 0 Å². The fourth-order valence-electron chi connectivity index (χ4n) is 0.642. The number of hydrogen-bond donors (Lipinski definition) is 1. The highest BCUT2D eigenvalue weighted by Gasteiger charge is 2.22. The van der Waals surface area contributed by atoms with Gasteiger partial charge in [0.2, 0.25) is 5.83 Å². The Bertz CT molecular complexity index is 234. The zero-order valence-corrected chi connectivity index (χ0v) is 5.75. The van der Waals surface area contributed by atoms with Crippen molar-refractivity contribution in [2.24, 2.45) is 0 Å². The highest BCUT2D eigenvalue weighted by Crippen LogP contribution is 2.26. The van der Waals surface area contributed by atoms with E-state index >= 15 is 0 Å². The molecule has 5 heteroatoms. The van der Waals surface area contributed by atoms with Gasteiger partial charge in [-0.3, -0.25) is 0 Å². The van der Waals surface area contributed by atoms with Gasteiger partial charge >= 0.3 is 6.01 Å². The summed E-state index contributed by atoms with van der Waals surface area (Å²) in [6.07, 6.45) is 0.215. The number of allylic oxidation sites excluding steroid dienone is 3. The predicted octanol–water partition coefficient (Wildman–Crippen LogP) is 2.22. The Morgan fingerprint density at radius 1 is 1.27 bits per heavy atom. The summed E-state index contributed by atoms with van der Waals surface area (Å²) in [6, 6.07) is -1.57. The van der Waals surface area contributed by atoms with Gasteiger partial charge in [0.25, 0.3) is 0 Å². The van der Waals surface area contributed by atoms with Crippen LogP contribution in [0.2, 0.25) is 0 Å². The minimum atomic E-state index is -1.58. The molecular weight excluding hydrogens is 159 g/mol. The van der Waals surface area contributed by atoms with E-state index in [0.717, 1.165) is 0 Å². The van der Waals surface area contributed by atoms with Crippen LogP contribution in [0, 0.1) is 0 Å². The molecule has 1 heterocycles. The van der Waals surface area contributed by atoms with Gasteiger partial charge in [-0.25, -0.2) is 9.87 Å². The molecule has 0 aromatic carbocycles. The molecule has 0 spiro atoms. The summed E-state index contributed by atoms with van der Waals surface area (Å²) in [5.41, 5.74) is 1.84. The minimum Gasteiger partial charge on any atom is -0.348 e. The topological polar surface area (TPSA) is 21.3 Å². The summed E-state index contributed by atoms with van der Waals surface area (Å²) >= 11 is 0. The molecule has 0 radical (unpaired) electrons. The molecule has 0 bridgehead atoms. The van der Waals surface area contributed by atoms with Crippen LogP contribution in [0.15, 0.2) is 23.4 Å². The average molecular weight is 165 g/mol. The van der Waals surface area contributed by atoms with Crippen molar-refractivity contribution >= 4 is 0 Å². The standard InChI is InChI=1S/C6H6F3NO/c1-2-3-4(7)5(8)6(9)11-10-3/h10H,2H2,1H3. The van der Waals surface area contributed by atoms with Crippen LogP contribution in [0.3, 0.4) is 0 Å². The first kappa shape index (κ1) is 7.97. The third kappa shape index (κ3) is 1.31. The summed E-state index contributed by atoms with van der Waals surface area (Å²) < 4.78 is 37.0. The predicted molar refractivity (Wildman–Crippen MR) is 31.9 cm³/mol. The van der Waals surface area contributed by atoms with Crippen LogP contribution in [0.1, 0.15) is 13.3 Å². The third-order valence-corrected chi connectivity index (χ3v) is 1.25. The third-order valence-electron chi connectivity index (χ3n) is 1.25. The summed E-state index contributed by atoms with van der Waals surface area (Å²) in [7, 11) is 0. The summed E-state index contributed by atoms with van der Waals surface area (Å²) in [5.74, 6) is -2.81. The van der Waals surface area contributed by atoms with Crippen LogP contribution in [-0.4, -0.2) is 0 Å². The van der Waals surface area contributed by atoms with E-state index in [9.17, 15) is 13.2 Å². The van der Waals surface area contributed by atoms with Crippen LogP contribution in [0.5, 0.6) is 0 Å². The van der Waals surface area contributed by atoms with E-state index < -0.39 is 17.7 Å². The maximum atomic E-state index is 12.6. The lowest BCUT2D eigenvalue weighted by atomic mass is 10.3. The molecule has 0 aromatic heterocycles. The molecule has 0 saturated carbocycles. The maximum Gasteiger partial charge on any atom is 0.339 e. The zero-order chi connectivity index (χ0) is 8.43. The molecule has 0 fully saturated rings. The van der Waals surface area contributed by atoms with Crippen molar-refractivity contribution in [2.45, 2.75) is 13.3 Å².